The van der Waals surface area contributed by atoms with E-state index in [1.165, 1.54) is 7.11 Å². The molecule has 0 N–H and O–H groups in total. The summed E-state index contributed by atoms with van der Waals surface area (Å²) in [6.07, 6.45) is 1.58. The molecule has 0 aromatic heterocycles. The lowest BCUT2D eigenvalue weighted by Gasteiger charge is -2.03. The van der Waals surface area contributed by atoms with Gasteiger partial charge in [0, 0.05) is 10.0 Å². The van der Waals surface area contributed by atoms with Crippen LogP contribution in [0.15, 0.2) is 58.6 Å². The molecule has 0 unspecified atom stereocenters. The Hall–Kier alpha value is -2.38. The van der Waals surface area contributed by atoms with E-state index in [9.17, 15) is 10.1 Å². The van der Waals surface area contributed by atoms with Crippen LogP contribution in [0.3, 0.4) is 0 Å². The molecule has 0 amide bonds. The van der Waals surface area contributed by atoms with E-state index in [1.807, 2.05) is 30.3 Å². The summed E-state index contributed by atoms with van der Waals surface area (Å²) in [6.45, 7) is 0. The predicted octanol–water partition coefficient (Wildman–Crippen LogP) is 4.25. The lowest BCUT2D eigenvalue weighted by molar-refractivity contribution is 0.103. The molecule has 4 heteroatoms. The van der Waals surface area contributed by atoms with Gasteiger partial charge in [0.1, 0.15) is 17.4 Å². The number of methoxy groups -OCH3 is 1. The third-order valence-corrected chi connectivity index (χ3v) is 3.41. The van der Waals surface area contributed by atoms with E-state index in [-0.39, 0.29) is 11.4 Å². The summed E-state index contributed by atoms with van der Waals surface area (Å²) in [5, 5.41) is 9.22. The Bertz CT molecular complexity index is 727. The molecule has 0 bridgehead atoms. The minimum Gasteiger partial charge on any atom is -0.497 e. The summed E-state index contributed by atoms with van der Waals surface area (Å²) < 4.78 is 6.03. The first-order valence-corrected chi connectivity index (χ1v) is 6.99. The fourth-order valence-electron chi connectivity index (χ4n) is 1.79. The van der Waals surface area contributed by atoms with Crippen molar-refractivity contribution in [3.63, 3.8) is 0 Å². The highest BCUT2D eigenvalue weighted by atomic mass is 79.9. The Morgan fingerprint density at radius 3 is 2.57 bits per heavy atom. The summed E-state index contributed by atoms with van der Waals surface area (Å²) >= 11 is 3.34. The second-order valence-electron chi connectivity index (χ2n) is 4.28. The second kappa shape index (κ2) is 6.87. The topological polar surface area (TPSA) is 50.1 Å². The van der Waals surface area contributed by atoms with Crippen LogP contribution >= 0.6 is 15.9 Å². The Morgan fingerprint density at radius 2 is 1.95 bits per heavy atom. The number of carbonyl (C=O) groups is 1. The van der Waals surface area contributed by atoms with Crippen LogP contribution in [0, 0.1) is 11.3 Å². The van der Waals surface area contributed by atoms with Gasteiger partial charge in [-0.15, -0.1) is 0 Å². The first-order chi connectivity index (χ1) is 10.1. The number of allylic oxidation sites excluding steroid dienone is 1. The number of halogens is 1. The van der Waals surface area contributed by atoms with E-state index in [1.54, 1.807) is 30.3 Å². The molecule has 0 aliphatic carbocycles. The molecule has 2 rings (SSSR count). The molecular weight excluding hydrogens is 330 g/mol. The molecule has 104 valence electrons. The SMILES string of the molecule is COc1cccc(C(=O)/C(C#N)=C\c2ccc(Br)cc2)c1. The third kappa shape index (κ3) is 3.80. The molecule has 3 nitrogen and oxygen atoms in total. The number of hydrogen-bond donors (Lipinski definition) is 0. The number of Topliss-reactive ketones (excluding diaryl/α,β-unsaturated/α-hetero) is 1. The van der Waals surface area contributed by atoms with Crippen molar-refractivity contribution in [1.82, 2.24) is 0 Å². The van der Waals surface area contributed by atoms with Crippen molar-refractivity contribution in [2.24, 2.45) is 0 Å². The van der Waals surface area contributed by atoms with Gasteiger partial charge in [-0.2, -0.15) is 5.26 Å². The van der Waals surface area contributed by atoms with Crippen molar-refractivity contribution >= 4 is 27.8 Å². The van der Waals surface area contributed by atoms with Crippen LogP contribution in [0.1, 0.15) is 15.9 Å². The van der Waals surface area contributed by atoms with Gasteiger partial charge in [0.25, 0.3) is 0 Å². The Kier molecular flexibility index (Phi) is 4.91. The number of rotatable bonds is 4. The largest absolute Gasteiger partial charge is 0.497 e. The van der Waals surface area contributed by atoms with Crippen LogP contribution < -0.4 is 4.74 Å². The quantitative estimate of drug-likeness (QED) is 0.474. The second-order valence-corrected chi connectivity index (χ2v) is 5.20. The summed E-state index contributed by atoms with van der Waals surface area (Å²) in [6, 6.07) is 16.1. The van der Waals surface area contributed by atoms with Crippen molar-refractivity contribution in [2.75, 3.05) is 7.11 Å². The molecule has 0 fully saturated rings. The molecule has 0 aliphatic rings. The Labute approximate surface area is 131 Å². The molecule has 2 aromatic rings. The molecule has 0 saturated carbocycles. The number of ketones is 1. The fourth-order valence-corrected chi connectivity index (χ4v) is 2.06. The molecular formula is C17H12BrNO2. The number of carbonyl (C=O) groups excluding carboxylic acids is 1. The van der Waals surface area contributed by atoms with Crippen LogP contribution in [0.5, 0.6) is 5.75 Å². The lowest BCUT2D eigenvalue weighted by Crippen LogP contribution is -2.02. The smallest absolute Gasteiger partial charge is 0.203 e. The standard InChI is InChI=1S/C17H12BrNO2/c1-21-16-4-2-3-13(10-16)17(20)14(11-19)9-12-5-7-15(18)8-6-12/h2-10H,1H3/b14-9-. The van der Waals surface area contributed by atoms with Crippen LogP contribution in [0.25, 0.3) is 6.08 Å². The van der Waals surface area contributed by atoms with E-state index in [4.69, 9.17) is 4.74 Å². The number of nitriles is 1. The number of benzene rings is 2. The Morgan fingerprint density at radius 1 is 1.24 bits per heavy atom. The third-order valence-electron chi connectivity index (χ3n) is 2.88. The van der Waals surface area contributed by atoms with Crippen molar-refractivity contribution in [1.29, 1.82) is 5.26 Å². The van der Waals surface area contributed by atoms with Crippen molar-refractivity contribution in [2.45, 2.75) is 0 Å². The number of ether oxygens (including phenoxy) is 1. The summed E-state index contributed by atoms with van der Waals surface area (Å²) in [5.74, 6) is 0.265. The lowest BCUT2D eigenvalue weighted by atomic mass is 10.0. The summed E-state index contributed by atoms with van der Waals surface area (Å²) in [5.41, 5.74) is 1.32. The summed E-state index contributed by atoms with van der Waals surface area (Å²) in [7, 11) is 1.53. The average Bonchev–Trinajstić information content (AvgIpc) is 2.53. The molecule has 0 spiro atoms. The molecule has 0 atom stereocenters. The zero-order valence-corrected chi connectivity index (χ0v) is 12.9. The number of hydrogen-bond acceptors (Lipinski definition) is 3. The maximum absolute atomic E-state index is 12.4. The highest BCUT2D eigenvalue weighted by Gasteiger charge is 2.12. The Balaban J connectivity index is 2.34. The zero-order valence-electron chi connectivity index (χ0n) is 11.3. The van der Waals surface area contributed by atoms with E-state index >= 15 is 0 Å². The van der Waals surface area contributed by atoms with Gasteiger partial charge in [-0.05, 0) is 35.9 Å². The molecule has 0 radical (unpaired) electrons. The van der Waals surface area contributed by atoms with Crippen molar-refractivity contribution < 1.29 is 9.53 Å². The van der Waals surface area contributed by atoms with Gasteiger partial charge in [-0.25, -0.2) is 0 Å². The first kappa shape index (κ1) is 15.0. The van der Waals surface area contributed by atoms with E-state index < -0.39 is 0 Å². The van der Waals surface area contributed by atoms with Crippen LogP contribution in [0.4, 0.5) is 0 Å². The van der Waals surface area contributed by atoms with E-state index in [0.717, 1.165) is 10.0 Å². The molecule has 21 heavy (non-hydrogen) atoms. The van der Waals surface area contributed by atoms with Gasteiger partial charge < -0.3 is 4.74 Å². The van der Waals surface area contributed by atoms with Crippen molar-refractivity contribution in [3.05, 3.63) is 69.7 Å². The minimum absolute atomic E-state index is 0.0885. The van der Waals surface area contributed by atoms with E-state index in [2.05, 4.69) is 15.9 Å². The zero-order chi connectivity index (χ0) is 15.2. The highest BCUT2D eigenvalue weighted by Crippen LogP contribution is 2.18. The van der Waals surface area contributed by atoms with Gasteiger partial charge in [-0.3, -0.25) is 4.79 Å². The van der Waals surface area contributed by atoms with Gasteiger partial charge in [0.05, 0.1) is 7.11 Å². The predicted molar refractivity (Wildman–Crippen MR) is 85.1 cm³/mol. The fraction of sp³-hybridized carbons (Fsp3) is 0.0588. The monoisotopic (exact) mass is 341 g/mol. The van der Waals surface area contributed by atoms with Gasteiger partial charge in [0.2, 0.25) is 5.78 Å². The minimum atomic E-state index is -0.320. The normalized spacial score (nSPS) is 10.8. The first-order valence-electron chi connectivity index (χ1n) is 6.20. The van der Waals surface area contributed by atoms with Gasteiger partial charge in [0.15, 0.2) is 0 Å². The number of nitrogens with zero attached hydrogens (tertiary/aromatic N) is 1. The average molecular weight is 342 g/mol. The molecule has 2 aromatic carbocycles. The van der Waals surface area contributed by atoms with Gasteiger partial charge >= 0.3 is 0 Å². The van der Waals surface area contributed by atoms with Gasteiger partial charge in [-0.1, -0.05) is 40.2 Å². The van der Waals surface area contributed by atoms with Crippen LogP contribution in [-0.4, -0.2) is 12.9 Å². The highest BCUT2D eigenvalue weighted by molar-refractivity contribution is 9.10. The molecule has 0 aliphatic heterocycles. The van der Waals surface area contributed by atoms with E-state index in [0.29, 0.717) is 11.3 Å². The van der Waals surface area contributed by atoms with Crippen LogP contribution in [-0.2, 0) is 0 Å². The van der Waals surface area contributed by atoms with Crippen molar-refractivity contribution in [3.8, 4) is 11.8 Å². The summed E-state index contributed by atoms with van der Waals surface area (Å²) in [4.78, 5) is 12.4. The maximum atomic E-state index is 12.4. The molecule has 0 heterocycles. The van der Waals surface area contributed by atoms with Crippen LogP contribution in [0.2, 0.25) is 0 Å². The maximum Gasteiger partial charge on any atom is 0.203 e. The molecule has 0 saturated heterocycles.